The van der Waals surface area contributed by atoms with Crippen LogP contribution in [0.15, 0.2) is 36.4 Å². The van der Waals surface area contributed by atoms with E-state index >= 15 is 0 Å². The van der Waals surface area contributed by atoms with Gasteiger partial charge in [-0.25, -0.2) is 0 Å². The summed E-state index contributed by atoms with van der Waals surface area (Å²) in [6, 6.07) is 14.5. The Hall–Kier alpha value is -2.13. The van der Waals surface area contributed by atoms with Crippen LogP contribution in [0.3, 0.4) is 0 Å². The lowest BCUT2D eigenvalue weighted by atomic mass is 9.90. The van der Waals surface area contributed by atoms with Crippen molar-refractivity contribution in [1.29, 1.82) is 0 Å². The fraction of sp³-hybridized carbons (Fsp3) is 0.480. The van der Waals surface area contributed by atoms with Gasteiger partial charge in [0.15, 0.2) is 0 Å². The molecule has 1 saturated heterocycles. The molecule has 3 nitrogen and oxygen atoms in total. The van der Waals surface area contributed by atoms with Crippen LogP contribution in [0.25, 0.3) is 11.1 Å². The smallest absolute Gasteiger partial charge is 0.219 e. The van der Waals surface area contributed by atoms with Crippen molar-refractivity contribution in [3.63, 3.8) is 0 Å². The molecule has 0 saturated carbocycles. The molecule has 0 spiro atoms. The maximum atomic E-state index is 11.7. The van der Waals surface area contributed by atoms with Crippen molar-refractivity contribution >= 4 is 5.91 Å². The molecule has 2 aromatic rings. The van der Waals surface area contributed by atoms with Crippen LogP contribution in [0.4, 0.5) is 0 Å². The summed E-state index contributed by atoms with van der Waals surface area (Å²) in [5.74, 6) is 0.172. The number of hydrogen-bond acceptors (Lipinski definition) is 2. The number of likely N-dealkylation sites (tertiary alicyclic amines) is 1. The average molecular weight is 377 g/mol. The van der Waals surface area contributed by atoms with E-state index in [4.69, 9.17) is 0 Å². The van der Waals surface area contributed by atoms with Gasteiger partial charge in [0.25, 0.3) is 0 Å². The first-order chi connectivity index (χ1) is 13.5. The molecule has 148 valence electrons. The summed E-state index contributed by atoms with van der Waals surface area (Å²) < 4.78 is 0. The van der Waals surface area contributed by atoms with Gasteiger partial charge in [-0.15, -0.1) is 0 Å². The topological polar surface area (TPSA) is 23.6 Å². The highest BCUT2D eigenvalue weighted by Crippen LogP contribution is 2.30. The van der Waals surface area contributed by atoms with E-state index < -0.39 is 0 Å². The highest BCUT2D eigenvalue weighted by Gasteiger charge is 2.20. The molecule has 1 fully saturated rings. The summed E-state index contributed by atoms with van der Waals surface area (Å²) in [5, 5.41) is 0. The summed E-state index contributed by atoms with van der Waals surface area (Å²) in [6.07, 6.45) is 4.78. The van der Waals surface area contributed by atoms with Gasteiger partial charge in [0.1, 0.15) is 0 Å². The van der Waals surface area contributed by atoms with Gasteiger partial charge >= 0.3 is 0 Å². The first-order valence-electron chi connectivity index (χ1n) is 10.7. The van der Waals surface area contributed by atoms with Gasteiger partial charge in [-0.3, -0.25) is 4.79 Å². The molecule has 3 heteroatoms. The first kappa shape index (κ1) is 19.2. The lowest BCUT2D eigenvalue weighted by molar-refractivity contribution is -0.129. The Balaban J connectivity index is 1.48. The minimum absolute atomic E-state index is 0.172. The van der Waals surface area contributed by atoms with Gasteiger partial charge in [0.05, 0.1) is 0 Å². The van der Waals surface area contributed by atoms with Crippen LogP contribution in [0.1, 0.15) is 48.9 Å². The molecule has 2 heterocycles. The number of carbonyl (C=O) groups excluding carboxylic acids is 1. The molecule has 2 aromatic carbocycles. The number of aryl methyl sites for hydroxylation is 1. The molecule has 0 unspecified atom stereocenters. The molecule has 0 N–H and O–H groups in total. The molecule has 4 rings (SSSR count). The Bertz CT molecular complexity index is 856. The van der Waals surface area contributed by atoms with E-state index in [2.05, 4.69) is 55.1 Å². The quantitative estimate of drug-likeness (QED) is 0.779. The second kappa shape index (κ2) is 8.08. The maximum absolute atomic E-state index is 11.7. The zero-order valence-corrected chi connectivity index (χ0v) is 17.5. The second-order valence-corrected chi connectivity index (χ2v) is 8.60. The van der Waals surface area contributed by atoms with Gasteiger partial charge in [-0.05, 0) is 79.5 Å². The monoisotopic (exact) mass is 376 g/mol. The lowest BCUT2D eigenvalue weighted by Gasteiger charge is -2.29. The van der Waals surface area contributed by atoms with Gasteiger partial charge in [-0.2, -0.15) is 0 Å². The van der Waals surface area contributed by atoms with Crippen LogP contribution in [-0.4, -0.2) is 41.4 Å². The molecule has 2 aliphatic rings. The number of benzene rings is 2. The van der Waals surface area contributed by atoms with E-state index in [1.165, 1.54) is 59.3 Å². The SMILES string of the molecule is CC(=O)N1CCc2cc(-c3ccc(CCN4CCC[C@H]4C)cc3)c(C)cc2C1. The fourth-order valence-corrected chi connectivity index (χ4v) is 4.76. The van der Waals surface area contributed by atoms with E-state index in [0.29, 0.717) is 0 Å². The molecule has 28 heavy (non-hydrogen) atoms. The molecule has 1 amide bonds. The molecular formula is C25H32N2O. The fourth-order valence-electron chi connectivity index (χ4n) is 4.76. The number of rotatable bonds is 4. The van der Waals surface area contributed by atoms with Gasteiger partial charge in [0.2, 0.25) is 5.91 Å². The van der Waals surface area contributed by atoms with Gasteiger partial charge in [0, 0.05) is 32.6 Å². The predicted molar refractivity (Wildman–Crippen MR) is 115 cm³/mol. The lowest BCUT2D eigenvalue weighted by Crippen LogP contribution is -2.34. The predicted octanol–water partition coefficient (Wildman–Crippen LogP) is 4.59. The summed E-state index contributed by atoms with van der Waals surface area (Å²) in [6.45, 7) is 10.2. The summed E-state index contributed by atoms with van der Waals surface area (Å²) >= 11 is 0. The Labute approximate surface area is 169 Å². The number of hydrogen-bond donors (Lipinski definition) is 0. The van der Waals surface area contributed by atoms with Crippen molar-refractivity contribution in [2.75, 3.05) is 19.6 Å². The molecule has 1 atom stereocenters. The van der Waals surface area contributed by atoms with Crippen LogP contribution >= 0.6 is 0 Å². The van der Waals surface area contributed by atoms with E-state index in [9.17, 15) is 4.79 Å². The van der Waals surface area contributed by atoms with Crippen molar-refractivity contribution in [2.45, 2.75) is 59.0 Å². The summed E-state index contributed by atoms with van der Waals surface area (Å²) in [4.78, 5) is 16.3. The third-order valence-electron chi connectivity index (χ3n) is 6.65. The maximum Gasteiger partial charge on any atom is 0.219 e. The third-order valence-corrected chi connectivity index (χ3v) is 6.65. The Morgan fingerprint density at radius 2 is 1.89 bits per heavy atom. The molecule has 0 bridgehead atoms. The zero-order valence-electron chi connectivity index (χ0n) is 17.5. The van der Waals surface area contributed by atoms with E-state index in [1.807, 2.05) is 4.90 Å². The average Bonchev–Trinajstić information content (AvgIpc) is 3.10. The minimum atomic E-state index is 0.172. The Kier molecular flexibility index (Phi) is 5.54. The number of nitrogens with zero attached hydrogens (tertiary/aromatic N) is 2. The highest BCUT2D eigenvalue weighted by atomic mass is 16.2. The van der Waals surface area contributed by atoms with Crippen molar-refractivity contribution < 1.29 is 4.79 Å². The third kappa shape index (κ3) is 4.00. The molecule has 2 aliphatic heterocycles. The van der Waals surface area contributed by atoms with Crippen LogP contribution in [0.2, 0.25) is 0 Å². The Morgan fingerprint density at radius 3 is 2.57 bits per heavy atom. The number of carbonyl (C=O) groups is 1. The number of fused-ring (bicyclic) bond motifs is 1. The standard InChI is InChI=1S/C25H32N2O/c1-18-15-24-17-27(20(3)28)14-11-23(24)16-25(18)22-8-6-21(7-9-22)10-13-26-12-4-5-19(26)2/h6-9,15-16,19H,4-5,10-14,17H2,1-3H3/t19-/m1/s1. The van der Waals surface area contributed by atoms with E-state index in [0.717, 1.165) is 32.0 Å². The molecule has 0 radical (unpaired) electrons. The van der Waals surface area contributed by atoms with Gasteiger partial charge in [-0.1, -0.05) is 36.4 Å². The van der Waals surface area contributed by atoms with Gasteiger partial charge < -0.3 is 9.80 Å². The molecular weight excluding hydrogens is 344 g/mol. The Morgan fingerprint density at radius 1 is 1.11 bits per heavy atom. The van der Waals surface area contributed by atoms with Crippen LogP contribution < -0.4 is 0 Å². The van der Waals surface area contributed by atoms with Crippen molar-refractivity contribution in [1.82, 2.24) is 9.80 Å². The van der Waals surface area contributed by atoms with E-state index in [-0.39, 0.29) is 5.91 Å². The zero-order chi connectivity index (χ0) is 19.7. The van der Waals surface area contributed by atoms with Crippen molar-refractivity contribution in [2.24, 2.45) is 0 Å². The largest absolute Gasteiger partial charge is 0.338 e. The second-order valence-electron chi connectivity index (χ2n) is 8.60. The minimum Gasteiger partial charge on any atom is -0.338 e. The first-order valence-corrected chi connectivity index (χ1v) is 10.7. The van der Waals surface area contributed by atoms with E-state index in [1.54, 1.807) is 6.92 Å². The normalized spacial score (nSPS) is 19.7. The molecule has 0 aliphatic carbocycles. The van der Waals surface area contributed by atoms with Crippen molar-refractivity contribution in [3.8, 4) is 11.1 Å². The summed E-state index contributed by atoms with van der Waals surface area (Å²) in [5.41, 5.74) is 8.05. The number of amides is 1. The highest BCUT2D eigenvalue weighted by molar-refractivity contribution is 5.74. The van der Waals surface area contributed by atoms with Crippen molar-refractivity contribution in [3.05, 3.63) is 58.7 Å². The summed E-state index contributed by atoms with van der Waals surface area (Å²) in [7, 11) is 0. The van der Waals surface area contributed by atoms with Crippen LogP contribution in [0, 0.1) is 6.92 Å². The molecule has 0 aromatic heterocycles. The van der Waals surface area contributed by atoms with Crippen LogP contribution in [-0.2, 0) is 24.2 Å². The van der Waals surface area contributed by atoms with Crippen LogP contribution in [0.5, 0.6) is 0 Å².